The number of nitrogen functional groups attached to an aromatic ring is 5. The van der Waals surface area contributed by atoms with E-state index >= 15 is 0 Å². The lowest BCUT2D eigenvalue weighted by Gasteiger charge is -2.11. The topological polar surface area (TPSA) is 465 Å². The molecule has 0 atom stereocenters. The van der Waals surface area contributed by atoms with Gasteiger partial charge in [-0.3, -0.25) is 14.4 Å². The van der Waals surface area contributed by atoms with Gasteiger partial charge in [0.2, 0.25) is 17.7 Å². The molecule has 15 N–H and O–H groups in total. The van der Waals surface area contributed by atoms with E-state index in [1.807, 2.05) is 144 Å². The Labute approximate surface area is 853 Å². The molecule has 0 aliphatic carbocycles. The Morgan fingerprint density at radius 1 is 0.340 bits per heavy atom. The lowest BCUT2D eigenvalue weighted by atomic mass is 10.0. The predicted octanol–water partition coefficient (Wildman–Crippen LogP) is 22.5. The van der Waals surface area contributed by atoms with Gasteiger partial charge in [0, 0.05) is 99.8 Å². The quantitative estimate of drug-likeness (QED) is 0.0153. The largest absolute Gasteiger partial charge is 0.497 e. The molecule has 3 amide bonds. The van der Waals surface area contributed by atoms with Crippen molar-refractivity contribution in [2.24, 2.45) is 11.5 Å². The number of rotatable bonds is 30. The minimum atomic E-state index is -0.609. The van der Waals surface area contributed by atoms with Gasteiger partial charge in [-0.05, 0) is 155 Å². The Balaban J connectivity index is 0.000000165. The first kappa shape index (κ1) is 108. The number of nitrogens with two attached hydrogens (primary N) is 7. The third-order valence-electron chi connectivity index (χ3n) is 21.3. The van der Waals surface area contributed by atoms with Gasteiger partial charge in [0.05, 0.1) is 61.9 Å². The van der Waals surface area contributed by atoms with Crippen molar-refractivity contribution >= 4 is 146 Å². The number of esters is 5. The molecule has 0 saturated heterocycles. The second kappa shape index (κ2) is 52.4. The van der Waals surface area contributed by atoms with Crippen molar-refractivity contribution in [3.63, 3.8) is 0 Å². The monoisotopic (exact) mass is 2050 g/mol. The molecule has 0 saturated carbocycles. The van der Waals surface area contributed by atoms with E-state index in [2.05, 4.69) is 11.4 Å². The standard InChI is InChI=1S/C20H18FNO4S.C20H18N2O4S.C20H19NO4S.C19H16N2O3S.C15H16N2O3S.C14H13NO2S/c1-24-16-8-7-12(9-17(16)25-2)14-11-27-19(22)18(14)20(23)26-10-13-5-3-4-6-15(13)21;1-25-15-4-2-3-12(9-15)10-26-20(24)17-16(11-27-19(17)22)13-5-7-14(8-6-13)18(21)23;1-23-16-9-8-14(10-17(16)24-2)15-12-26-19(21)18(15)20(22)25-11-13-6-4-3-5-7-13;20-17(22)14-8-6-13(7-9-14)15-11-25-18(21)16(15)19(23)24-10-12-4-2-1-3-5-12;1-3-20-15(19)13-12(8-21-14(13)16)10-4-6-11(7-5-10)17-9(2)18;1-9-11(7-15)12(8-18-9)10-4-5-13(16-2)14(6-10)17-3/h3-9,11H,10,22H2,1-2H3;2-9,11H,10,22H2,1H3,(H2,21,23);3-10,12H,11,21H2,1-2H3;1-9,11H,10,21H2,(H2,20,22);4-8H,3,16H2,1-2H3,(H,17,18);4-6,8H,1-3H3. The smallest absolute Gasteiger partial charge is 0.342 e. The van der Waals surface area contributed by atoms with E-state index in [9.17, 15) is 48.0 Å². The molecule has 16 rings (SSSR count). The highest BCUT2D eigenvalue weighted by Gasteiger charge is 2.28. The number of nitrogens with one attached hydrogen (secondary N) is 1. The molecule has 10 aromatic carbocycles. The molecule has 0 aliphatic heterocycles. The van der Waals surface area contributed by atoms with Crippen molar-refractivity contribution in [2.45, 2.75) is 47.2 Å². The van der Waals surface area contributed by atoms with E-state index in [1.54, 1.807) is 186 Å². The van der Waals surface area contributed by atoms with Crippen molar-refractivity contribution in [3.8, 4) is 113 Å². The second-order valence-electron chi connectivity index (χ2n) is 30.4. The summed E-state index contributed by atoms with van der Waals surface area (Å²) in [6, 6.07) is 71.6. The number of primary amides is 2. The van der Waals surface area contributed by atoms with Gasteiger partial charge in [0.25, 0.3) is 0 Å². The molecule has 16 aromatic rings. The minimum absolute atomic E-state index is 0.103. The first-order valence-electron chi connectivity index (χ1n) is 43.5. The molecule has 29 nitrogen and oxygen atoms in total. The molecule has 144 heavy (non-hydrogen) atoms. The number of carbonyl (C=O) groups excluding carboxylic acids is 8. The summed E-state index contributed by atoms with van der Waals surface area (Å²) in [4.78, 5) is 96.8. The van der Waals surface area contributed by atoms with Crippen LogP contribution in [0.5, 0.6) is 40.2 Å². The van der Waals surface area contributed by atoms with Gasteiger partial charge in [0.15, 0.2) is 34.5 Å². The van der Waals surface area contributed by atoms with Gasteiger partial charge in [-0.2, -0.15) is 5.26 Å². The van der Waals surface area contributed by atoms with Crippen LogP contribution >= 0.6 is 68.0 Å². The van der Waals surface area contributed by atoms with E-state index in [0.717, 1.165) is 71.6 Å². The molecular weight excluding hydrogens is 1950 g/mol. The van der Waals surface area contributed by atoms with Crippen LogP contribution in [0.3, 0.4) is 0 Å². The van der Waals surface area contributed by atoms with Crippen molar-refractivity contribution in [1.29, 1.82) is 5.26 Å². The molecule has 740 valence electrons. The summed E-state index contributed by atoms with van der Waals surface area (Å²) in [6.45, 7) is 5.75. The van der Waals surface area contributed by atoms with Crippen LogP contribution in [0, 0.1) is 24.1 Å². The average Bonchev–Trinajstić information content (AvgIpc) is 1.66. The molecule has 0 bridgehead atoms. The van der Waals surface area contributed by atoms with Crippen LogP contribution in [-0.4, -0.2) is 104 Å². The van der Waals surface area contributed by atoms with E-state index in [0.29, 0.717) is 139 Å². The zero-order valence-electron chi connectivity index (χ0n) is 79.5. The Kier molecular flexibility index (Phi) is 39.2. The van der Waals surface area contributed by atoms with E-state index in [1.165, 1.54) is 76.8 Å². The van der Waals surface area contributed by atoms with Crippen LogP contribution in [0.25, 0.3) is 66.8 Å². The van der Waals surface area contributed by atoms with E-state index in [-0.39, 0.29) is 37.9 Å². The number of nitrogens with zero attached hydrogens (tertiary/aromatic N) is 1. The zero-order valence-corrected chi connectivity index (χ0v) is 84.4. The molecule has 0 aliphatic rings. The number of halogens is 1. The SMILES string of the molecule is CCOC(=O)c1c(-c2ccc(NC(C)=O)cc2)csc1N.COc1ccc(-c2csc(C)c2C#N)cc1OC.COc1ccc(-c2csc(N)c2C(=O)OCc2ccccc2)cc1OC.COc1ccc(-c2csc(N)c2C(=O)OCc2ccccc2F)cc1OC.COc1cccc(COC(=O)c2c(-c3ccc(C(N)=O)cc3)csc2N)c1.NC(=O)c1ccc(-c2csc(N)c2C(=O)OCc2ccccc2)cc1. The fourth-order valence-electron chi connectivity index (χ4n) is 14.0. The highest BCUT2D eigenvalue weighted by Crippen LogP contribution is 2.44. The molecule has 0 spiro atoms. The summed E-state index contributed by atoms with van der Waals surface area (Å²) in [6.07, 6.45) is 0. The predicted molar refractivity (Wildman–Crippen MR) is 565 cm³/mol. The third-order valence-corrected chi connectivity index (χ3v) is 26.3. The van der Waals surface area contributed by atoms with E-state index < -0.39 is 47.5 Å². The number of hydrogen-bond donors (Lipinski definition) is 8. The molecule has 36 heteroatoms. The summed E-state index contributed by atoms with van der Waals surface area (Å²) in [5, 5.41) is 24.9. The second-order valence-corrected chi connectivity index (χ2v) is 36.1. The number of hydrogen-bond acceptors (Lipinski definition) is 32. The number of carbonyl (C=O) groups is 8. The zero-order chi connectivity index (χ0) is 104. The van der Waals surface area contributed by atoms with Crippen LogP contribution in [0.15, 0.2) is 269 Å². The normalized spacial score (nSPS) is 10.3. The summed E-state index contributed by atoms with van der Waals surface area (Å²) in [7, 11) is 11.0. The van der Waals surface area contributed by atoms with Gasteiger partial charge < -0.3 is 102 Å². The Morgan fingerprint density at radius 2 is 0.653 bits per heavy atom. The summed E-state index contributed by atoms with van der Waals surface area (Å²) in [5.41, 5.74) is 56.4. The number of ether oxygens (including phenoxy) is 12. The maximum absolute atomic E-state index is 13.7. The summed E-state index contributed by atoms with van der Waals surface area (Å²) >= 11 is 7.95. The van der Waals surface area contributed by atoms with Crippen molar-refractivity contribution in [1.82, 2.24) is 0 Å². The first-order valence-corrected chi connectivity index (χ1v) is 48.7. The van der Waals surface area contributed by atoms with Gasteiger partial charge in [-0.25, -0.2) is 28.4 Å². The maximum atomic E-state index is 13.7. The Morgan fingerprint density at radius 3 is 0.993 bits per heavy atom. The molecule has 0 radical (unpaired) electrons. The van der Waals surface area contributed by atoms with Gasteiger partial charge in [-0.1, -0.05) is 146 Å². The third kappa shape index (κ3) is 28.1. The van der Waals surface area contributed by atoms with Crippen LogP contribution in [0.4, 0.5) is 35.1 Å². The van der Waals surface area contributed by atoms with Gasteiger partial charge in [-0.15, -0.1) is 68.0 Å². The number of methoxy groups -OCH3 is 7. The van der Waals surface area contributed by atoms with Crippen LogP contribution < -0.4 is 78.6 Å². The Hall–Kier alpha value is -16.8. The molecule has 6 aromatic heterocycles. The maximum Gasteiger partial charge on any atom is 0.342 e. The lowest BCUT2D eigenvalue weighted by Crippen LogP contribution is -2.10. The number of nitriles is 1. The number of thiophene rings is 6. The fourth-order valence-corrected chi connectivity index (χ4v) is 18.8. The Bertz CT molecular complexity index is 7220. The number of benzene rings is 10. The molecule has 0 unspecified atom stereocenters. The highest BCUT2D eigenvalue weighted by molar-refractivity contribution is 7.16. The van der Waals surface area contributed by atoms with Crippen LogP contribution in [-0.2, 0) is 54.9 Å². The number of amides is 3. The molecular formula is C108H100FN9O20S6. The van der Waals surface area contributed by atoms with Crippen LogP contribution in [0.1, 0.15) is 119 Å². The molecule has 0 fully saturated rings. The van der Waals surface area contributed by atoms with Gasteiger partial charge in [0.1, 0.15) is 96.9 Å². The summed E-state index contributed by atoms with van der Waals surface area (Å²) in [5.74, 6) is 0.327. The van der Waals surface area contributed by atoms with Crippen molar-refractivity contribution in [3.05, 3.63) is 346 Å². The van der Waals surface area contributed by atoms with Crippen LogP contribution in [0.2, 0.25) is 0 Å². The first-order chi connectivity index (χ1) is 69.5. The van der Waals surface area contributed by atoms with Crippen molar-refractivity contribution < 1.29 is 99.6 Å². The minimum Gasteiger partial charge on any atom is -0.497 e. The number of anilines is 6. The molecule has 6 heterocycles. The van der Waals surface area contributed by atoms with Crippen molar-refractivity contribution in [2.75, 3.05) is 90.4 Å². The summed E-state index contributed by atoms with van der Waals surface area (Å²) < 4.78 is 77.1. The number of aryl methyl sites for hydroxylation is 1. The average molecular weight is 2060 g/mol. The fraction of sp³-hybridized carbons (Fsp3) is 0.139. The lowest BCUT2D eigenvalue weighted by molar-refractivity contribution is -0.114. The van der Waals surface area contributed by atoms with E-state index in [4.69, 9.17) is 97.0 Å². The highest BCUT2D eigenvalue weighted by atomic mass is 32.1. The van der Waals surface area contributed by atoms with Gasteiger partial charge >= 0.3 is 29.8 Å².